The number of nitrogens with zero attached hydrogens (tertiary/aromatic N) is 3. The summed E-state index contributed by atoms with van der Waals surface area (Å²) in [7, 11) is 0. The molecular formula is C12H13FN4O2. The fourth-order valence-corrected chi connectivity index (χ4v) is 1.52. The fraction of sp³-hybridized carbons (Fsp3) is 0.250. The van der Waals surface area contributed by atoms with Crippen molar-refractivity contribution in [2.45, 2.75) is 20.1 Å². The van der Waals surface area contributed by atoms with E-state index in [1.807, 2.05) is 6.92 Å². The quantitative estimate of drug-likeness (QED) is 0.834. The zero-order chi connectivity index (χ0) is 13.8. The van der Waals surface area contributed by atoms with Gasteiger partial charge in [-0.1, -0.05) is 6.07 Å². The molecule has 0 aliphatic rings. The van der Waals surface area contributed by atoms with Gasteiger partial charge in [-0.05, 0) is 30.2 Å². The van der Waals surface area contributed by atoms with Crippen molar-refractivity contribution in [1.82, 2.24) is 14.8 Å². The maximum atomic E-state index is 13.0. The van der Waals surface area contributed by atoms with E-state index < -0.39 is 5.97 Å². The third-order valence-electron chi connectivity index (χ3n) is 2.55. The molecule has 7 heteroatoms. The molecule has 0 amide bonds. The van der Waals surface area contributed by atoms with E-state index >= 15 is 0 Å². The van der Waals surface area contributed by atoms with E-state index in [1.165, 1.54) is 23.1 Å². The van der Waals surface area contributed by atoms with Crippen molar-refractivity contribution < 1.29 is 13.9 Å². The number of rotatable bonds is 4. The van der Waals surface area contributed by atoms with E-state index in [0.29, 0.717) is 5.56 Å². The van der Waals surface area contributed by atoms with E-state index in [9.17, 15) is 9.18 Å². The molecule has 1 aromatic carbocycles. The molecule has 0 radical (unpaired) electrons. The summed E-state index contributed by atoms with van der Waals surface area (Å²) in [4.78, 5) is 15.2. The lowest BCUT2D eigenvalue weighted by atomic mass is 10.1. The number of benzene rings is 1. The van der Waals surface area contributed by atoms with Crippen molar-refractivity contribution >= 4 is 11.9 Å². The normalized spacial score (nSPS) is 10.4. The lowest BCUT2D eigenvalue weighted by Crippen LogP contribution is -2.14. The summed E-state index contributed by atoms with van der Waals surface area (Å²) < 4.78 is 19.4. The highest BCUT2D eigenvalue weighted by molar-refractivity contribution is 5.69. The van der Waals surface area contributed by atoms with E-state index in [-0.39, 0.29) is 24.9 Å². The van der Waals surface area contributed by atoms with Gasteiger partial charge in [-0.3, -0.25) is 4.79 Å². The van der Waals surface area contributed by atoms with Crippen LogP contribution in [0.25, 0.3) is 0 Å². The van der Waals surface area contributed by atoms with Crippen LogP contribution in [0.5, 0.6) is 0 Å². The molecule has 0 atom stereocenters. The smallest absolute Gasteiger partial charge is 0.328 e. The highest BCUT2D eigenvalue weighted by atomic mass is 19.1. The van der Waals surface area contributed by atoms with E-state index in [4.69, 9.17) is 10.5 Å². The number of ether oxygens (including phenoxy) is 1. The van der Waals surface area contributed by atoms with Gasteiger partial charge in [0.15, 0.2) is 0 Å². The molecule has 0 unspecified atom stereocenters. The number of hydrogen-bond acceptors (Lipinski definition) is 5. The Hall–Kier alpha value is -2.44. The van der Waals surface area contributed by atoms with E-state index in [0.717, 1.165) is 5.56 Å². The van der Waals surface area contributed by atoms with Gasteiger partial charge in [0, 0.05) is 0 Å². The second-order valence-electron chi connectivity index (χ2n) is 4.03. The topological polar surface area (TPSA) is 83.0 Å². The molecule has 0 saturated carbocycles. The Labute approximate surface area is 109 Å². The monoisotopic (exact) mass is 264 g/mol. The molecule has 19 heavy (non-hydrogen) atoms. The van der Waals surface area contributed by atoms with Crippen molar-refractivity contribution in [2.24, 2.45) is 0 Å². The number of esters is 1. The summed E-state index contributed by atoms with van der Waals surface area (Å²) in [5.41, 5.74) is 6.81. The molecule has 2 rings (SSSR count). The Morgan fingerprint density at radius 2 is 2.32 bits per heavy atom. The Kier molecular flexibility index (Phi) is 3.74. The number of aryl methyl sites for hydroxylation is 1. The molecule has 0 spiro atoms. The van der Waals surface area contributed by atoms with Gasteiger partial charge in [-0.2, -0.15) is 0 Å². The zero-order valence-electron chi connectivity index (χ0n) is 10.3. The SMILES string of the molecule is Cc1ccc(F)cc1COC(=O)Cn1cnc(N)n1. The van der Waals surface area contributed by atoms with Crippen molar-refractivity contribution in [2.75, 3.05) is 5.73 Å². The van der Waals surface area contributed by atoms with Crippen molar-refractivity contribution in [3.05, 3.63) is 41.5 Å². The summed E-state index contributed by atoms with van der Waals surface area (Å²) in [5, 5.41) is 3.76. The van der Waals surface area contributed by atoms with Gasteiger partial charge in [0.25, 0.3) is 0 Å². The molecule has 6 nitrogen and oxygen atoms in total. The summed E-state index contributed by atoms with van der Waals surface area (Å²) in [5.74, 6) is -0.761. The van der Waals surface area contributed by atoms with Crippen LogP contribution >= 0.6 is 0 Å². The zero-order valence-corrected chi connectivity index (χ0v) is 10.3. The molecule has 2 N–H and O–H groups in total. The van der Waals surface area contributed by atoms with Crippen LogP contribution in [0.15, 0.2) is 24.5 Å². The molecule has 0 saturated heterocycles. The van der Waals surface area contributed by atoms with Crippen LogP contribution in [-0.2, 0) is 22.7 Å². The van der Waals surface area contributed by atoms with Gasteiger partial charge >= 0.3 is 5.97 Å². The first-order valence-corrected chi connectivity index (χ1v) is 5.60. The molecule has 0 aliphatic carbocycles. The van der Waals surface area contributed by atoms with Crippen LogP contribution in [0.3, 0.4) is 0 Å². The first-order chi connectivity index (χ1) is 9.04. The van der Waals surface area contributed by atoms with Gasteiger partial charge in [0.05, 0.1) is 0 Å². The molecule has 100 valence electrons. The first-order valence-electron chi connectivity index (χ1n) is 5.60. The highest BCUT2D eigenvalue weighted by Gasteiger charge is 2.08. The standard InChI is InChI=1S/C12H13FN4O2/c1-8-2-3-10(13)4-9(8)6-19-11(18)5-17-7-15-12(14)16-17/h2-4,7H,5-6H2,1H3,(H2,14,16). The van der Waals surface area contributed by atoms with Crippen LogP contribution in [-0.4, -0.2) is 20.7 Å². The Bertz CT molecular complexity index is 597. The Morgan fingerprint density at radius 1 is 1.53 bits per heavy atom. The summed E-state index contributed by atoms with van der Waals surface area (Å²) >= 11 is 0. The number of nitrogen functional groups attached to an aromatic ring is 1. The molecule has 1 aromatic heterocycles. The van der Waals surface area contributed by atoms with Crippen LogP contribution in [0, 0.1) is 12.7 Å². The number of halogens is 1. The summed E-state index contributed by atoms with van der Waals surface area (Å²) in [6.07, 6.45) is 1.34. The highest BCUT2D eigenvalue weighted by Crippen LogP contribution is 2.11. The number of anilines is 1. The minimum atomic E-state index is -0.492. The van der Waals surface area contributed by atoms with E-state index in [2.05, 4.69) is 10.1 Å². The second-order valence-corrected chi connectivity index (χ2v) is 4.03. The van der Waals surface area contributed by atoms with Gasteiger partial charge < -0.3 is 10.5 Å². The van der Waals surface area contributed by atoms with Crippen molar-refractivity contribution in [1.29, 1.82) is 0 Å². The van der Waals surface area contributed by atoms with Crippen LogP contribution in [0.4, 0.5) is 10.3 Å². The molecular weight excluding hydrogens is 251 g/mol. The summed E-state index contributed by atoms with van der Waals surface area (Å²) in [6.45, 7) is 1.76. The largest absolute Gasteiger partial charge is 0.459 e. The first kappa shape index (κ1) is 13.0. The van der Waals surface area contributed by atoms with Crippen LogP contribution in [0.2, 0.25) is 0 Å². The average molecular weight is 264 g/mol. The molecule has 0 fully saturated rings. The maximum Gasteiger partial charge on any atom is 0.328 e. The minimum absolute atomic E-state index is 0.0204. The third kappa shape index (κ3) is 3.51. The van der Waals surface area contributed by atoms with Crippen molar-refractivity contribution in [3.63, 3.8) is 0 Å². The number of carbonyl (C=O) groups excluding carboxylic acids is 1. The number of nitrogens with two attached hydrogens (primary N) is 1. The lowest BCUT2D eigenvalue weighted by molar-refractivity contribution is -0.145. The Morgan fingerprint density at radius 3 is 3.00 bits per heavy atom. The second kappa shape index (κ2) is 5.47. The lowest BCUT2D eigenvalue weighted by Gasteiger charge is -2.07. The van der Waals surface area contributed by atoms with Gasteiger partial charge in [0.2, 0.25) is 5.95 Å². The molecule has 0 aliphatic heterocycles. The van der Waals surface area contributed by atoms with Gasteiger partial charge in [0.1, 0.15) is 25.3 Å². The average Bonchev–Trinajstić information content (AvgIpc) is 2.76. The number of aromatic nitrogens is 3. The maximum absolute atomic E-state index is 13.0. The van der Waals surface area contributed by atoms with Crippen molar-refractivity contribution in [3.8, 4) is 0 Å². The predicted molar refractivity (Wildman–Crippen MR) is 65.4 cm³/mol. The van der Waals surface area contributed by atoms with Crippen LogP contribution in [0.1, 0.15) is 11.1 Å². The van der Waals surface area contributed by atoms with Crippen LogP contribution < -0.4 is 5.73 Å². The third-order valence-corrected chi connectivity index (χ3v) is 2.55. The fourth-order valence-electron chi connectivity index (χ4n) is 1.52. The number of carbonyl (C=O) groups is 1. The van der Waals surface area contributed by atoms with Gasteiger partial charge in [-0.15, -0.1) is 5.10 Å². The van der Waals surface area contributed by atoms with E-state index in [1.54, 1.807) is 6.07 Å². The van der Waals surface area contributed by atoms with Gasteiger partial charge in [-0.25, -0.2) is 14.1 Å². The predicted octanol–water partition coefficient (Wildman–Crippen LogP) is 1.05. The number of hydrogen-bond donors (Lipinski definition) is 1. The molecule has 1 heterocycles. The minimum Gasteiger partial charge on any atom is -0.459 e. The summed E-state index contributed by atoms with van der Waals surface area (Å²) in [6, 6.07) is 4.34. The Balaban J connectivity index is 1.91. The molecule has 2 aromatic rings. The molecule has 0 bridgehead atoms.